The van der Waals surface area contributed by atoms with Crippen molar-refractivity contribution in [1.29, 1.82) is 0 Å². The zero-order valence-electron chi connectivity index (χ0n) is 14.6. The monoisotopic (exact) mass is 372 g/mol. The van der Waals surface area contributed by atoms with Gasteiger partial charge in [0.2, 0.25) is 0 Å². The first-order valence-electron chi connectivity index (χ1n) is 8.77. The second-order valence-electron chi connectivity index (χ2n) is 6.51. The first-order chi connectivity index (χ1) is 12.5. The van der Waals surface area contributed by atoms with Crippen molar-refractivity contribution < 1.29 is 32.1 Å². The Morgan fingerprint density at radius 3 is 2.12 bits per heavy atom. The van der Waals surface area contributed by atoms with Crippen molar-refractivity contribution in [3.05, 3.63) is 47.5 Å². The Balaban J connectivity index is 1.48. The zero-order valence-corrected chi connectivity index (χ0v) is 14.6. The molecule has 0 N–H and O–H groups in total. The van der Waals surface area contributed by atoms with E-state index in [1.54, 1.807) is 0 Å². The molecule has 0 amide bonds. The maximum Gasteiger partial charge on any atom is 0.416 e. The highest BCUT2D eigenvalue weighted by Gasteiger charge is 2.34. The Bertz CT molecular complexity index is 584. The van der Waals surface area contributed by atoms with Crippen LogP contribution in [-0.2, 0) is 25.1 Å². The lowest BCUT2D eigenvalue weighted by Gasteiger charge is -2.37. The van der Waals surface area contributed by atoms with Crippen LogP contribution in [0.4, 0.5) is 13.2 Å². The third kappa shape index (κ3) is 4.85. The van der Waals surface area contributed by atoms with Gasteiger partial charge < -0.3 is 18.9 Å². The molecule has 2 fully saturated rings. The van der Waals surface area contributed by atoms with Crippen LogP contribution in [0, 0.1) is 11.8 Å². The molecular weight excluding hydrogens is 349 g/mol. The molecule has 2 aliphatic heterocycles. The fourth-order valence-electron chi connectivity index (χ4n) is 2.94. The average molecular weight is 372 g/mol. The molecule has 0 bridgehead atoms. The fourth-order valence-corrected chi connectivity index (χ4v) is 2.94. The first-order valence-corrected chi connectivity index (χ1v) is 8.77. The molecule has 7 heteroatoms. The van der Waals surface area contributed by atoms with E-state index in [0.29, 0.717) is 32.0 Å². The van der Waals surface area contributed by atoms with Crippen LogP contribution in [0.5, 0.6) is 0 Å². The third-order valence-electron chi connectivity index (χ3n) is 4.41. The fraction of sp³-hybridized carbons (Fsp3) is 0.579. The van der Waals surface area contributed by atoms with Crippen LogP contribution in [0.15, 0.2) is 36.4 Å². The molecule has 2 heterocycles. The summed E-state index contributed by atoms with van der Waals surface area (Å²) >= 11 is 0. The molecule has 0 unspecified atom stereocenters. The molecule has 1 aromatic rings. The Morgan fingerprint density at radius 1 is 0.962 bits per heavy atom. The minimum absolute atomic E-state index is 0.0585. The van der Waals surface area contributed by atoms with E-state index in [-0.39, 0.29) is 18.1 Å². The molecule has 0 spiro atoms. The van der Waals surface area contributed by atoms with E-state index >= 15 is 0 Å². The SMILES string of the molecule is CCC=CC1COC(C2COC(c3ccc(C(F)(F)F)cc3)OC2)OC1. The Kier molecular flexibility index (Phi) is 6.34. The van der Waals surface area contributed by atoms with Crippen LogP contribution in [0.25, 0.3) is 0 Å². The summed E-state index contributed by atoms with van der Waals surface area (Å²) in [6.07, 6.45) is -0.218. The number of hydrogen-bond acceptors (Lipinski definition) is 4. The maximum absolute atomic E-state index is 12.6. The number of benzene rings is 1. The summed E-state index contributed by atoms with van der Waals surface area (Å²) in [4.78, 5) is 0. The number of rotatable bonds is 4. The zero-order chi connectivity index (χ0) is 18.6. The van der Waals surface area contributed by atoms with Crippen LogP contribution in [0.2, 0.25) is 0 Å². The van der Waals surface area contributed by atoms with Crippen molar-refractivity contribution in [2.75, 3.05) is 26.4 Å². The highest BCUT2D eigenvalue weighted by Crippen LogP contribution is 2.32. The van der Waals surface area contributed by atoms with Crippen LogP contribution in [0.1, 0.15) is 30.8 Å². The number of halogens is 3. The quantitative estimate of drug-likeness (QED) is 0.738. The number of alkyl halides is 3. The van der Waals surface area contributed by atoms with Gasteiger partial charge in [-0.1, -0.05) is 31.2 Å². The summed E-state index contributed by atoms with van der Waals surface area (Å²) in [5.74, 6) is 0.202. The van der Waals surface area contributed by atoms with E-state index in [1.165, 1.54) is 12.1 Å². The second kappa shape index (κ2) is 8.52. The van der Waals surface area contributed by atoms with E-state index in [1.807, 2.05) is 0 Å². The summed E-state index contributed by atoms with van der Waals surface area (Å²) in [5.41, 5.74) is -0.127. The topological polar surface area (TPSA) is 36.9 Å². The molecular formula is C19H23F3O4. The van der Waals surface area contributed by atoms with Gasteiger partial charge in [0.25, 0.3) is 0 Å². The van der Waals surface area contributed by atoms with Gasteiger partial charge in [0.1, 0.15) is 0 Å². The van der Waals surface area contributed by atoms with Crippen molar-refractivity contribution in [2.24, 2.45) is 11.8 Å². The summed E-state index contributed by atoms with van der Waals surface area (Å²) < 4.78 is 60.7. The van der Waals surface area contributed by atoms with Crippen molar-refractivity contribution in [1.82, 2.24) is 0 Å². The van der Waals surface area contributed by atoms with Crippen molar-refractivity contribution in [3.63, 3.8) is 0 Å². The molecule has 2 saturated heterocycles. The Morgan fingerprint density at radius 2 is 1.58 bits per heavy atom. The minimum atomic E-state index is -4.35. The summed E-state index contributed by atoms with van der Waals surface area (Å²) in [5, 5.41) is 0. The number of allylic oxidation sites excluding steroid dienone is 1. The predicted octanol–water partition coefficient (Wildman–Crippen LogP) is 4.32. The molecule has 4 nitrogen and oxygen atoms in total. The van der Waals surface area contributed by atoms with Crippen molar-refractivity contribution in [2.45, 2.75) is 32.1 Å². The van der Waals surface area contributed by atoms with Crippen LogP contribution < -0.4 is 0 Å². The lowest BCUT2D eigenvalue weighted by atomic mass is 10.1. The molecule has 0 atom stereocenters. The largest absolute Gasteiger partial charge is 0.416 e. The molecule has 0 radical (unpaired) electrons. The Labute approximate surface area is 150 Å². The average Bonchev–Trinajstić information content (AvgIpc) is 2.66. The smallest absolute Gasteiger partial charge is 0.351 e. The molecule has 0 aromatic heterocycles. The van der Waals surface area contributed by atoms with E-state index in [0.717, 1.165) is 18.6 Å². The number of hydrogen-bond donors (Lipinski definition) is 0. The van der Waals surface area contributed by atoms with Crippen LogP contribution in [-0.4, -0.2) is 32.7 Å². The van der Waals surface area contributed by atoms with Gasteiger partial charge in [0.05, 0.1) is 37.9 Å². The maximum atomic E-state index is 12.6. The molecule has 2 aliphatic rings. The van der Waals surface area contributed by atoms with E-state index in [4.69, 9.17) is 18.9 Å². The number of ether oxygens (including phenoxy) is 4. The predicted molar refractivity (Wildman–Crippen MR) is 88.2 cm³/mol. The van der Waals surface area contributed by atoms with E-state index in [2.05, 4.69) is 19.1 Å². The van der Waals surface area contributed by atoms with Gasteiger partial charge in [-0.3, -0.25) is 0 Å². The van der Waals surface area contributed by atoms with E-state index < -0.39 is 18.0 Å². The summed E-state index contributed by atoms with van der Waals surface area (Å²) in [7, 11) is 0. The second-order valence-corrected chi connectivity index (χ2v) is 6.51. The first kappa shape index (κ1) is 19.4. The Hall–Kier alpha value is -1.41. The third-order valence-corrected chi connectivity index (χ3v) is 4.41. The van der Waals surface area contributed by atoms with E-state index in [9.17, 15) is 13.2 Å². The van der Waals surface area contributed by atoms with Crippen molar-refractivity contribution >= 4 is 0 Å². The highest BCUT2D eigenvalue weighted by atomic mass is 19.4. The van der Waals surface area contributed by atoms with Gasteiger partial charge in [-0.05, 0) is 18.6 Å². The van der Waals surface area contributed by atoms with Gasteiger partial charge in [-0.25, -0.2) is 0 Å². The molecule has 1 aromatic carbocycles. The molecule has 3 rings (SSSR count). The van der Waals surface area contributed by atoms with Crippen molar-refractivity contribution in [3.8, 4) is 0 Å². The van der Waals surface area contributed by atoms with Gasteiger partial charge in [0, 0.05) is 11.5 Å². The summed E-state index contributed by atoms with van der Waals surface area (Å²) in [6.45, 7) is 4.01. The van der Waals surface area contributed by atoms with Gasteiger partial charge in [0.15, 0.2) is 12.6 Å². The van der Waals surface area contributed by atoms with Gasteiger partial charge in [-0.2, -0.15) is 13.2 Å². The van der Waals surface area contributed by atoms with Crippen LogP contribution >= 0.6 is 0 Å². The van der Waals surface area contributed by atoms with Crippen LogP contribution in [0.3, 0.4) is 0 Å². The normalized spacial score (nSPS) is 30.6. The minimum Gasteiger partial charge on any atom is -0.351 e. The molecule has 144 valence electrons. The lowest BCUT2D eigenvalue weighted by molar-refractivity contribution is -0.280. The lowest BCUT2D eigenvalue weighted by Crippen LogP contribution is -2.42. The molecule has 26 heavy (non-hydrogen) atoms. The summed E-state index contributed by atoms with van der Waals surface area (Å²) in [6, 6.07) is 4.83. The highest BCUT2D eigenvalue weighted by molar-refractivity contribution is 5.25. The van der Waals surface area contributed by atoms with Gasteiger partial charge in [-0.15, -0.1) is 0 Å². The molecule has 0 saturated carbocycles. The standard InChI is InChI=1S/C19H23F3O4/c1-2-3-4-13-9-23-18(24-10-13)15-11-25-17(26-12-15)14-5-7-16(8-6-14)19(20,21)22/h3-8,13,15,17-18H,2,9-12H2,1H3. The van der Waals surface area contributed by atoms with Gasteiger partial charge >= 0.3 is 6.18 Å². The molecule has 0 aliphatic carbocycles.